The van der Waals surface area contributed by atoms with E-state index >= 15 is 0 Å². The predicted molar refractivity (Wildman–Crippen MR) is 134 cm³/mol. The predicted octanol–water partition coefficient (Wildman–Crippen LogP) is 3.13. The number of nitriles is 1. The van der Waals surface area contributed by atoms with Gasteiger partial charge in [0.05, 0.1) is 37.4 Å². The second-order valence-electron chi connectivity index (χ2n) is 8.11. The van der Waals surface area contributed by atoms with E-state index in [2.05, 4.69) is 11.0 Å². The minimum atomic E-state index is -0.943. The quantitative estimate of drug-likeness (QED) is 0.536. The van der Waals surface area contributed by atoms with Crippen LogP contribution >= 0.6 is 0 Å². The van der Waals surface area contributed by atoms with Crippen LogP contribution in [-0.4, -0.2) is 49.3 Å². The number of aromatic hydroxyl groups is 1. The highest BCUT2D eigenvalue weighted by Crippen LogP contribution is 2.43. The van der Waals surface area contributed by atoms with E-state index in [4.69, 9.17) is 15.2 Å². The minimum Gasteiger partial charge on any atom is -0.508 e. The number of ether oxygens (including phenoxy) is 2. The van der Waals surface area contributed by atoms with Crippen molar-refractivity contribution in [3.05, 3.63) is 82.3 Å². The van der Waals surface area contributed by atoms with Crippen molar-refractivity contribution in [2.75, 3.05) is 32.2 Å². The third-order valence-corrected chi connectivity index (χ3v) is 6.22. The van der Waals surface area contributed by atoms with Gasteiger partial charge in [-0.05, 0) is 36.9 Å². The molecule has 0 bridgehead atoms. The topological polar surface area (TPSA) is 129 Å². The highest BCUT2D eigenvalue weighted by molar-refractivity contribution is 6.06. The van der Waals surface area contributed by atoms with Crippen molar-refractivity contribution in [3.8, 4) is 11.8 Å². The smallest absolute Gasteiger partial charge is 0.355 e. The SMILES string of the molecule is CCN(CC)Cc1cc(N2C(N)=C(C#N)C(c3ccccc3)C(C(=O)OC)=C2C(=O)OC)ccc1O. The second-order valence-corrected chi connectivity index (χ2v) is 8.11. The summed E-state index contributed by atoms with van der Waals surface area (Å²) in [5, 5.41) is 20.7. The Bertz CT molecular complexity index is 1240. The number of hydrogen-bond acceptors (Lipinski definition) is 9. The van der Waals surface area contributed by atoms with E-state index in [-0.39, 0.29) is 28.4 Å². The van der Waals surface area contributed by atoms with Crippen LogP contribution in [0.15, 0.2) is 71.2 Å². The van der Waals surface area contributed by atoms with Crippen molar-refractivity contribution >= 4 is 17.6 Å². The van der Waals surface area contributed by atoms with E-state index in [1.54, 1.807) is 42.5 Å². The third-order valence-electron chi connectivity index (χ3n) is 6.22. The molecule has 0 fully saturated rings. The highest BCUT2D eigenvalue weighted by Gasteiger charge is 2.43. The number of carbonyl (C=O) groups is 2. The Morgan fingerprint density at radius 3 is 2.28 bits per heavy atom. The van der Waals surface area contributed by atoms with Crippen LogP contribution in [0.4, 0.5) is 5.69 Å². The molecule has 0 aliphatic carbocycles. The number of allylic oxidation sites excluding steroid dienone is 1. The van der Waals surface area contributed by atoms with E-state index < -0.39 is 17.9 Å². The van der Waals surface area contributed by atoms with E-state index in [0.29, 0.717) is 23.4 Å². The zero-order valence-electron chi connectivity index (χ0n) is 20.8. The molecule has 3 rings (SSSR count). The Kier molecular flexibility index (Phi) is 8.35. The molecule has 1 aliphatic rings. The lowest BCUT2D eigenvalue weighted by Gasteiger charge is -2.36. The molecule has 1 unspecified atom stereocenters. The molecule has 9 heteroatoms. The Labute approximate surface area is 210 Å². The lowest BCUT2D eigenvalue weighted by atomic mass is 9.81. The summed E-state index contributed by atoms with van der Waals surface area (Å²) >= 11 is 0. The number of nitrogens with zero attached hydrogens (tertiary/aromatic N) is 3. The standard InChI is InChI=1S/C27H30N4O5/c1-5-30(6-2)16-18-14-19(12-13-21(18)32)31-24(27(34)36-4)23(26(33)35-3)22(20(15-28)25(31)29)17-10-8-7-9-11-17/h7-14,22,32H,5-6,16,29H2,1-4H3. The summed E-state index contributed by atoms with van der Waals surface area (Å²) in [5.74, 6) is -2.52. The maximum atomic E-state index is 13.2. The summed E-state index contributed by atoms with van der Waals surface area (Å²) in [4.78, 5) is 29.7. The molecule has 2 aromatic carbocycles. The van der Waals surface area contributed by atoms with E-state index in [9.17, 15) is 20.0 Å². The molecule has 0 aromatic heterocycles. The number of benzene rings is 2. The Balaban J connectivity index is 2.33. The van der Waals surface area contributed by atoms with Gasteiger partial charge >= 0.3 is 11.9 Å². The maximum Gasteiger partial charge on any atom is 0.355 e. The number of anilines is 1. The van der Waals surface area contributed by atoms with Gasteiger partial charge in [0, 0.05) is 17.8 Å². The Morgan fingerprint density at radius 1 is 1.08 bits per heavy atom. The molecule has 0 saturated carbocycles. The summed E-state index contributed by atoms with van der Waals surface area (Å²) in [6.07, 6.45) is 0. The lowest BCUT2D eigenvalue weighted by molar-refractivity contribution is -0.139. The van der Waals surface area contributed by atoms with Crippen molar-refractivity contribution in [3.63, 3.8) is 0 Å². The van der Waals surface area contributed by atoms with Crippen LogP contribution in [0.25, 0.3) is 0 Å². The van der Waals surface area contributed by atoms with Gasteiger partial charge in [-0.1, -0.05) is 44.2 Å². The number of phenols is 1. The van der Waals surface area contributed by atoms with Crippen LogP contribution in [0.3, 0.4) is 0 Å². The number of methoxy groups -OCH3 is 2. The molecule has 2 aromatic rings. The van der Waals surface area contributed by atoms with Crippen molar-refractivity contribution in [2.24, 2.45) is 5.73 Å². The van der Waals surface area contributed by atoms with Gasteiger partial charge in [-0.3, -0.25) is 9.80 Å². The summed E-state index contributed by atoms with van der Waals surface area (Å²) in [6.45, 7) is 6.01. The third kappa shape index (κ3) is 4.90. The zero-order chi connectivity index (χ0) is 26.4. The van der Waals surface area contributed by atoms with Crippen molar-refractivity contribution in [2.45, 2.75) is 26.3 Å². The monoisotopic (exact) mass is 490 g/mol. The number of hydrogen-bond donors (Lipinski definition) is 2. The minimum absolute atomic E-state index is 0.0288. The summed E-state index contributed by atoms with van der Waals surface area (Å²) in [7, 11) is 2.40. The molecule has 1 heterocycles. The Morgan fingerprint density at radius 2 is 1.72 bits per heavy atom. The lowest BCUT2D eigenvalue weighted by Crippen LogP contribution is -2.40. The molecular formula is C27H30N4O5. The van der Waals surface area contributed by atoms with Gasteiger partial charge in [0.15, 0.2) is 0 Å². The summed E-state index contributed by atoms with van der Waals surface area (Å²) < 4.78 is 10.1. The normalized spacial score (nSPS) is 15.7. The van der Waals surface area contributed by atoms with E-state index in [1.807, 2.05) is 13.8 Å². The van der Waals surface area contributed by atoms with Gasteiger partial charge in [0.25, 0.3) is 0 Å². The fourth-order valence-corrected chi connectivity index (χ4v) is 4.31. The number of phenolic OH excluding ortho intramolecular Hbond substituents is 1. The first-order valence-electron chi connectivity index (χ1n) is 11.5. The first kappa shape index (κ1) is 26.3. The summed E-state index contributed by atoms with van der Waals surface area (Å²) in [6, 6.07) is 15.7. The number of carbonyl (C=O) groups excluding carboxylic acids is 2. The van der Waals surface area contributed by atoms with Crippen LogP contribution < -0.4 is 10.6 Å². The van der Waals surface area contributed by atoms with Crippen molar-refractivity contribution < 1.29 is 24.2 Å². The molecule has 0 spiro atoms. The van der Waals surface area contributed by atoms with Gasteiger partial charge in [0.1, 0.15) is 17.3 Å². The number of nitrogens with two attached hydrogens (primary N) is 1. The van der Waals surface area contributed by atoms with Crippen molar-refractivity contribution in [1.29, 1.82) is 5.26 Å². The highest BCUT2D eigenvalue weighted by atomic mass is 16.5. The first-order valence-corrected chi connectivity index (χ1v) is 11.5. The largest absolute Gasteiger partial charge is 0.508 e. The van der Waals surface area contributed by atoms with Gasteiger partial charge in [-0.25, -0.2) is 9.59 Å². The van der Waals surface area contributed by atoms with Gasteiger partial charge in [-0.2, -0.15) is 5.26 Å². The molecule has 0 radical (unpaired) electrons. The van der Waals surface area contributed by atoms with Crippen LogP contribution in [0.1, 0.15) is 30.9 Å². The Hall–Kier alpha value is -4.29. The fraction of sp³-hybridized carbons (Fsp3) is 0.296. The molecular weight excluding hydrogens is 460 g/mol. The molecule has 36 heavy (non-hydrogen) atoms. The van der Waals surface area contributed by atoms with Crippen LogP contribution in [0.5, 0.6) is 5.75 Å². The molecule has 3 N–H and O–H groups in total. The fourth-order valence-electron chi connectivity index (χ4n) is 4.31. The van der Waals surface area contributed by atoms with Crippen LogP contribution in [0, 0.1) is 11.3 Å². The maximum absolute atomic E-state index is 13.2. The molecule has 188 valence electrons. The van der Waals surface area contributed by atoms with E-state index in [0.717, 1.165) is 13.1 Å². The second kappa shape index (κ2) is 11.4. The molecule has 0 saturated heterocycles. The number of rotatable bonds is 8. The average molecular weight is 491 g/mol. The molecule has 1 aliphatic heterocycles. The van der Waals surface area contributed by atoms with Gasteiger partial charge in [0.2, 0.25) is 0 Å². The molecule has 9 nitrogen and oxygen atoms in total. The zero-order valence-corrected chi connectivity index (χ0v) is 20.8. The molecule has 0 amide bonds. The summed E-state index contributed by atoms with van der Waals surface area (Å²) in [5.41, 5.74) is 7.95. The first-order chi connectivity index (χ1) is 17.3. The van der Waals surface area contributed by atoms with E-state index in [1.165, 1.54) is 25.2 Å². The van der Waals surface area contributed by atoms with Gasteiger partial charge < -0.3 is 20.3 Å². The van der Waals surface area contributed by atoms with Crippen LogP contribution in [0.2, 0.25) is 0 Å². The van der Waals surface area contributed by atoms with Gasteiger partial charge in [-0.15, -0.1) is 0 Å². The number of esters is 2. The van der Waals surface area contributed by atoms with Crippen molar-refractivity contribution in [1.82, 2.24) is 4.90 Å². The van der Waals surface area contributed by atoms with Crippen LogP contribution in [-0.2, 0) is 25.6 Å². The molecule has 1 atom stereocenters. The average Bonchev–Trinajstić information content (AvgIpc) is 2.91.